The van der Waals surface area contributed by atoms with Crippen LogP contribution in [0.25, 0.3) is 10.2 Å². The van der Waals surface area contributed by atoms with Gasteiger partial charge in [0.2, 0.25) is 0 Å². The third-order valence-corrected chi connectivity index (χ3v) is 3.28. The van der Waals surface area contributed by atoms with Crippen molar-refractivity contribution < 1.29 is 4.79 Å². The molecule has 0 unspecified atom stereocenters. The van der Waals surface area contributed by atoms with Crippen LogP contribution in [0.4, 0.5) is 5.69 Å². The van der Waals surface area contributed by atoms with Gasteiger partial charge >= 0.3 is 0 Å². The summed E-state index contributed by atoms with van der Waals surface area (Å²) in [6.45, 7) is 1.92. The van der Waals surface area contributed by atoms with Gasteiger partial charge in [-0.2, -0.15) is 0 Å². The Balaban J connectivity index is 2.78. The van der Waals surface area contributed by atoms with Gasteiger partial charge in [-0.25, -0.2) is 4.98 Å². The van der Waals surface area contributed by atoms with E-state index in [0.29, 0.717) is 4.88 Å². The van der Waals surface area contributed by atoms with E-state index >= 15 is 0 Å². The van der Waals surface area contributed by atoms with Crippen molar-refractivity contribution in [2.45, 2.75) is 6.92 Å². The van der Waals surface area contributed by atoms with Crippen LogP contribution in [0.5, 0.6) is 0 Å². The van der Waals surface area contributed by atoms with Gasteiger partial charge in [-0.05, 0) is 19.1 Å². The maximum absolute atomic E-state index is 11.2. The standard InChI is InChI=1S/C10H11N3OS/c1-5-3-4-6-7(12-2)8(9(11)14)15-10(6)13-5/h3-4,12H,1-2H3,(H2,11,14). The predicted molar refractivity (Wildman–Crippen MR) is 62.4 cm³/mol. The first-order valence-electron chi connectivity index (χ1n) is 4.51. The van der Waals surface area contributed by atoms with E-state index in [0.717, 1.165) is 21.6 Å². The Morgan fingerprint density at radius 1 is 1.53 bits per heavy atom. The number of primary amides is 1. The summed E-state index contributed by atoms with van der Waals surface area (Å²) in [7, 11) is 1.77. The van der Waals surface area contributed by atoms with Crippen molar-refractivity contribution in [2.24, 2.45) is 5.73 Å². The third-order valence-electron chi connectivity index (χ3n) is 2.17. The number of amides is 1. The highest BCUT2D eigenvalue weighted by molar-refractivity contribution is 7.21. The number of carbonyl (C=O) groups excluding carboxylic acids is 1. The van der Waals surface area contributed by atoms with Gasteiger partial charge in [-0.15, -0.1) is 11.3 Å². The Morgan fingerprint density at radius 3 is 2.87 bits per heavy atom. The molecule has 0 saturated heterocycles. The molecule has 15 heavy (non-hydrogen) atoms. The average Bonchev–Trinajstić information content (AvgIpc) is 2.55. The Bertz CT molecular complexity index is 533. The number of aromatic nitrogens is 1. The molecule has 1 amide bonds. The van der Waals surface area contributed by atoms with Crippen molar-refractivity contribution in [2.75, 3.05) is 12.4 Å². The zero-order valence-electron chi connectivity index (χ0n) is 8.50. The number of fused-ring (bicyclic) bond motifs is 1. The first-order chi connectivity index (χ1) is 7.13. The van der Waals surface area contributed by atoms with Gasteiger partial charge in [0.15, 0.2) is 0 Å². The van der Waals surface area contributed by atoms with Crippen LogP contribution in [-0.2, 0) is 0 Å². The number of nitrogens with one attached hydrogen (secondary N) is 1. The van der Waals surface area contributed by atoms with Crippen LogP contribution < -0.4 is 11.1 Å². The van der Waals surface area contributed by atoms with E-state index in [1.165, 1.54) is 11.3 Å². The molecule has 0 aromatic carbocycles. The summed E-state index contributed by atoms with van der Waals surface area (Å²) >= 11 is 1.32. The van der Waals surface area contributed by atoms with Crippen molar-refractivity contribution in [1.29, 1.82) is 0 Å². The number of anilines is 1. The molecule has 2 heterocycles. The summed E-state index contributed by atoms with van der Waals surface area (Å²) in [6, 6.07) is 3.87. The molecule has 0 bridgehead atoms. The number of aryl methyl sites for hydroxylation is 1. The summed E-state index contributed by atoms with van der Waals surface area (Å²) in [6.07, 6.45) is 0. The van der Waals surface area contributed by atoms with Crippen molar-refractivity contribution in [3.8, 4) is 0 Å². The summed E-state index contributed by atoms with van der Waals surface area (Å²) in [5.74, 6) is -0.417. The molecule has 0 aliphatic carbocycles. The van der Waals surface area contributed by atoms with Crippen LogP contribution in [0.15, 0.2) is 12.1 Å². The number of rotatable bonds is 2. The second kappa shape index (κ2) is 3.51. The lowest BCUT2D eigenvalue weighted by Gasteiger charge is -1.99. The number of thiophene rings is 1. The maximum atomic E-state index is 11.2. The number of hydrogen-bond acceptors (Lipinski definition) is 4. The van der Waals surface area contributed by atoms with E-state index < -0.39 is 5.91 Å². The Hall–Kier alpha value is -1.62. The SMILES string of the molecule is CNc1c(C(N)=O)sc2nc(C)ccc12. The fourth-order valence-electron chi connectivity index (χ4n) is 1.49. The van der Waals surface area contributed by atoms with Crippen molar-refractivity contribution in [1.82, 2.24) is 4.98 Å². The van der Waals surface area contributed by atoms with Crippen LogP contribution in [0.3, 0.4) is 0 Å². The summed E-state index contributed by atoms with van der Waals surface area (Å²) < 4.78 is 0. The molecule has 0 radical (unpaired) electrons. The minimum atomic E-state index is -0.417. The fourth-order valence-corrected chi connectivity index (χ4v) is 2.57. The van der Waals surface area contributed by atoms with E-state index in [-0.39, 0.29) is 0 Å². The van der Waals surface area contributed by atoms with Gasteiger partial charge in [0.25, 0.3) is 5.91 Å². The van der Waals surface area contributed by atoms with Gasteiger partial charge < -0.3 is 11.1 Å². The van der Waals surface area contributed by atoms with Crippen molar-refractivity contribution in [3.05, 3.63) is 22.7 Å². The van der Waals surface area contributed by atoms with Gasteiger partial charge in [0.05, 0.1) is 5.69 Å². The zero-order chi connectivity index (χ0) is 11.0. The Labute approximate surface area is 91.1 Å². The molecule has 0 atom stereocenters. The Morgan fingerprint density at radius 2 is 2.27 bits per heavy atom. The van der Waals surface area contributed by atoms with Gasteiger partial charge in [-0.1, -0.05) is 0 Å². The molecule has 2 aromatic rings. The van der Waals surface area contributed by atoms with Crippen molar-refractivity contribution >= 4 is 33.1 Å². The molecular weight excluding hydrogens is 210 g/mol. The molecule has 2 aromatic heterocycles. The van der Waals surface area contributed by atoms with Crippen LogP contribution >= 0.6 is 11.3 Å². The number of hydrogen-bond donors (Lipinski definition) is 2. The van der Waals surface area contributed by atoms with Crippen LogP contribution in [0, 0.1) is 6.92 Å². The lowest BCUT2D eigenvalue weighted by atomic mass is 10.2. The van der Waals surface area contributed by atoms with Gasteiger partial charge in [0.1, 0.15) is 9.71 Å². The van der Waals surface area contributed by atoms with E-state index in [2.05, 4.69) is 10.3 Å². The predicted octanol–water partition coefficient (Wildman–Crippen LogP) is 1.75. The summed E-state index contributed by atoms with van der Waals surface area (Å²) in [5.41, 5.74) is 7.00. The molecular formula is C10H11N3OS. The molecule has 0 fully saturated rings. The highest BCUT2D eigenvalue weighted by Gasteiger charge is 2.15. The molecule has 0 aliphatic rings. The number of pyridine rings is 1. The second-order valence-electron chi connectivity index (χ2n) is 3.23. The van der Waals surface area contributed by atoms with E-state index in [9.17, 15) is 4.79 Å². The quantitative estimate of drug-likeness (QED) is 0.811. The fraction of sp³-hybridized carbons (Fsp3) is 0.200. The monoisotopic (exact) mass is 221 g/mol. The van der Waals surface area contributed by atoms with Crippen LogP contribution in [-0.4, -0.2) is 17.9 Å². The summed E-state index contributed by atoms with van der Waals surface area (Å²) in [4.78, 5) is 16.9. The van der Waals surface area contributed by atoms with Gasteiger partial charge in [0, 0.05) is 18.1 Å². The first kappa shape index (κ1) is 9.92. The molecule has 0 spiro atoms. The van der Waals surface area contributed by atoms with E-state index in [1.54, 1.807) is 7.05 Å². The Kier molecular flexibility index (Phi) is 2.32. The van der Waals surface area contributed by atoms with E-state index in [4.69, 9.17) is 5.73 Å². The second-order valence-corrected chi connectivity index (χ2v) is 4.22. The number of nitrogens with zero attached hydrogens (tertiary/aromatic N) is 1. The van der Waals surface area contributed by atoms with Crippen LogP contribution in [0.1, 0.15) is 15.4 Å². The molecule has 4 nitrogen and oxygen atoms in total. The normalized spacial score (nSPS) is 10.5. The van der Waals surface area contributed by atoms with E-state index in [1.807, 2.05) is 19.1 Å². The largest absolute Gasteiger partial charge is 0.386 e. The lowest BCUT2D eigenvalue weighted by Crippen LogP contribution is -2.10. The first-order valence-corrected chi connectivity index (χ1v) is 5.33. The zero-order valence-corrected chi connectivity index (χ0v) is 9.31. The topological polar surface area (TPSA) is 68.0 Å². The minimum absolute atomic E-state index is 0.417. The number of nitrogens with two attached hydrogens (primary N) is 1. The van der Waals surface area contributed by atoms with Crippen molar-refractivity contribution in [3.63, 3.8) is 0 Å². The molecule has 0 saturated carbocycles. The molecule has 78 valence electrons. The lowest BCUT2D eigenvalue weighted by molar-refractivity contribution is 0.100. The highest BCUT2D eigenvalue weighted by Crippen LogP contribution is 2.34. The smallest absolute Gasteiger partial charge is 0.261 e. The summed E-state index contributed by atoms with van der Waals surface area (Å²) in [5, 5.41) is 3.94. The third kappa shape index (κ3) is 1.55. The minimum Gasteiger partial charge on any atom is -0.386 e. The average molecular weight is 221 g/mol. The maximum Gasteiger partial charge on any atom is 0.261 e. The highest BCUT2D eigenvalue weighted by atomic mass is 32.1. The molecule has 5 heteroatoms. The van der Waals surface area contributed by atoms with Crippen LogP contribution in [0.2, 0.25) is 0 Å². The van der Waals surface area contributed by atoms with Gasteiger partial charge in [-0.3, -0.25) is 4.79 Å². The molecule has 2 rings (SSSR count). The molecule has 0 aliphatic heterocycles. The molecule has 3 N–H and O–H groups in total. The number of carbonyl (C=O) groups is 1.